The Morgan fingerprint density at radius 2 is 1.59 bits per heavy atom. The molecule has 1 unspecified atom stereocenters. The van der Waals surface area contributed by atoms with Gasteiger partial charge in [0.15, 0.2) is 5.78 Å². The number of nitriles is 1. The molecule has 0 radical (unpaired) electrons. The third kappa shape index (κ3) is 8.03. The van der Waals surface area contributed by atoms with Crippen molar-refractivity contribution in [3.8, 4) is 6.07 Å². The highest BCUT2D eigenvalue weighted by Gasteiger charge is 2.38. The van der Waals surface area contributed by atoms with E-state index in [1.54, 1.807) is 6.26 Å². The van der Waals surface area contributed by atoms with Gasteiger partial charge in [-0.25, -0.2) is 0 Å². The maximum absolute atomic E-state index is 14.0. The van der Waals surface area contributed by atoms with Gasteiger partial charge in [-0.3, -0.25) is 9.36 Å². The minimum Gasteiger partial charge on any atom is -0.361 e. The van der Waals surface area contributed by atoms with Crippen LogP contribution in [0.1, 0.15) is 43.6 Å². The molecule has 34 heavy (non-hydrogen) atoms. The van der Waals surface area contributed by atoms with E-state index >= 15 is 0 Å². The summed E-state index contributed by atoms with van der Waals surface area (Å²) in [6.07, 6.45) is 3.08. The molecule has 9 heteroatoms. The molecule has 0 saturated carbocycles. The summed E-state index contributed by atoms with van der Waals surface area (Å²) in [6.45, 7) is 4.65. The van der Waals surface area contributed by atoms with Gasteiger partial charge in [0.05, 0.1) is 18.2 Å². The number of rotatable bonds is 14. The zero-order chi connectivity index (χ0) is 24.8. The lowest BCUT2D eigenvalue weighted by Gasteiger charge is -2.29. The van der Waals surface area contributed by atoms with E-state index in [9.17, 15) is 14.6 Å². The summed E-state index contributed by atoms with van der Waals surface area (Å²) in [5.41, 5.74) is 1.49. The molecule has 7 nitrogen and oxygen atoms in total. The summed E-state index contributed by atoms with van der Waals surface area (Å²) in [5, 5.41) is 16.0. The molecule has 2 rings (SSSR count). The Kier molecular flexibility index (Phi) is 11.9. The van der Waals surface area contributed by atoms with Crippen molar-refractivity contribution in [2.24, 2.45) is 0 Å². The second-order valence-electron chi connectivity index (χ2n) is 7.35. The van der Waals surface area contributed by atoms with Crippen molar-refractivity contribution < 1.29 is 18.4 Å². The molecule has 0 saturated heterocycles. The van der Waals surface area contributed by atoms with Crippen molar-refractivity contribution in [2.75, 3.05) is 19.5 Å². The molecular weight excluding hydrogens is 469 g/mol. The number of amides is 1. The number of carbonyl (C=O) groups is 1. The third-order valence-corrected chi connectivity index (χ3v) is 7.59. The van der Waals surface area contributed by atoms with Gasteiger partial charge in [0.1, 0.15) is 11.6 Å². The minimum atomic E-state index is -3.69. The van der Waals surface area contributed by atoms with Crippen LogP contribution in [0.2, 0.25) is 0 Å². The highest BCUT2D eigenvalue weighted by molar-refractivity contribution is 8.02. The van der Waals surface area contributed by atoms with Crippen molar-refractivity contribution in [3.63, 3.8) is 0 Å². The lowest BCUT2D eigenvalue weighted by molar-refractivity contribution is -0.117. The molecule has 1 atom stereocenters. The highest BCUT2D eigenvalue weighted by Crippen LogP contribution is 2.60. The zero-order valence-corrected chi connectivity index (χ0v) is 21.5. The molecule has 0 heterocycles. The van der Waals surface area contributed by atoms with Gasteiger partial charge in [-0.05, 0) is 30.2 Å². The van der Waals surface area contributed by atoms with Crippen molar-refractivity contribution in [3.05, 3.63) is 82.4 Å². The molecule has 0 aliphatic rings. The predicted octanol–water partition coefficient (Wildman–Crippen LogP) is 5.74. The van der Waals surface area contributed by atoms with Gasteiger partial charge in [0.25, 0.3) is 5.91 Å². The Bertz CT molecular complexity index is 1010. The third-order valence-electron chi connectivity index (χ3n) is 4.72. The van der Waals surface area contributed by atoms with Crippen molar-refractivity contribution in [2.45, 2.75) is 39.0 Å². The molecule has 0 bridgehead atoms. The molecular formula is C25H32N3O4PS. The van der Waals surface area contributed by atoms with Crippen LogP contribution in [0.3, 0.4) is 0 Å². The molecule has 1 amide bonds. The van der Waals surface area contributed by atoms with Gasteiger partial charge in [0, 0.05) is 6.54 Å². The number of nitrogens with zero attached hydrogens (tertiary/aromatic N) is 1. The highest BCUT2D eigenvalue weighted by atomic mass is 32.2. The average molecular weight is 502 g/mol. The maximum atomic E-state index is 14.0. The Hall–Kier alpha value is -2.56. The van der Waals surface area contributed by atoms with Crippen LogP contribution in [0.5, 0.6) is 0 Å². The molecule has 2 N–H and O–H groups in total. The summed E-state index contributed by atoms with van der Waals surface area (Å²) in [6, 6.07) is 20.6. The average Bonchev–Trinajstić information content (AvgIpc) is 2.88. The lowest BCUT2D eigenvalue weighted by Crippen LogP contribution is -2.29. The maximum Gasteiger partial charge on any atom is 0.357 e. The van der Waals surface area contributed by atoms with Gasteiger partial charge in [-0.15, -0.1) is 11.8 Å². The normalized spacial score (nSPS) is 12.9. The van der Waals surface area contributed by atoms with E-state index < -0.39 is 19.3 Å². The first-order chi connectivity index (χ1) is 16.5. The fourth-order valence-corrected chi connectivity index (χ4v) is 5.77. The first-order valence-corrected chi connectivity index (χ1v) is 14.0. The number of carbonyl (C=O) groups excluding carboxylic acids is 1. The van der Waals surface area contributed by atoms with Crippen molar-refractivity contribution in [1.82, 2.24) is 10.6 Å². The first kappa shape index (κ1) is 27.7. The molecule has 182 valence electrons. The molecule has 0 fully saturated rings. The summed E-state index contributed by atoms with van der Waals surface area (Å²) in [4.78, 5) is 12.9. The van der Waals surface area contributed by atoms with Crippen LogP contribution in [-0.2, 0) is 25.0 Å². The van der Waals surface area contributed by atoms with Crippen LogP contribution in [0.25, 0.3) is 0 Å². The number of hydrogen-bond donors (Lipinski definition) is 2. The van der Waals surface area contributed by atoms with E-state index in [1.165, 1.54) is 11.8 Å². The van der Waals surface area contributed by atoms with Gasteiger partial charge in [-0.2, -0.15) is 5.26 Å². The van der Waals surface area contributed by atoms with E-state index in [-0.39, 0.29) is 25.3 Å². The van der Waals surface area contributed by atoms with Crippen LogP contribution >= 0.6 is 19.4 Å². The standard InChI is InChI=1S/C25H32N3O4PS/c1-4-16-31-33(30,32-17-5-2)24(21-14-10-7-11-15-21)28-25(34-3)22(18-26)23(29)27-19-20-12-8-6-9-13-20/h6-15,24,28H,4-5,16-17,19H2,1-3H3,(H,27,29)/b25-22+. The molecule has 0 aromatic heterocycles. The minimum absolute atomic E-state index is 0.0955. The fourth-order valence-electron chi connectivity index (χ4n) is 3.03. The van der Waals surface area contributed by atoms with Crippen LogP contribution in [-0.4, -0.2) is 25.4 Å². The number of benzene rings is 2. The number of hydrogen-bond acceptors (Lipinski definition) is 7. The zero-order valence-electron chi connectivity index (χ0n) is 19.8. The van der Waals surface area contributed by atoms with E-state index in [1.807, 2.05) is 80.6 Å². The molecule has 2 aromatic carbocycles. The van der Waals surface area contributed by atoms with Crippen molar-refractivity contribution >= 4 is 25.3 Å². The largest absolute Gasteiger partial charge is 0.361 e. The Morgan fingerprint density at radius 3 is 2.09 bits per heavy atom. The number of thioether (sulfide) groups is 1. The van der Waals surface area contributed by atoms with E-state index in [2.05, 4.69) is 10.6 Å². The molecule has 0 aliphatic carbocycles. The van der Waals surface area contributed by atoms with Crippen LogP contribution < -0.4 is 10.6 Å². The van der Waals surface area contributed by atoms with Crippen molar-refractivity contribution in [1.29, 1.82) is 5.26 Å². The van der Waals surface area contributed by atoms with Gasteiger partial charge in [0.2, 0.25) is 0 Å². The molecule has 0 spiro atoms. The van der Waals surface area contributed by atoms with Gasteiger partial charge in [-0.1, -0.05) is 74.5 Å². The van der Waals surface area contributed by atoms with Crippen LogP contribution in [0, 0.1) is 11.3 Å². The summed E-state index contributed by atoms with van der Waals surface area (Å²) in [5.74, 6) is -1.41. The second-order valence-corrected chi connectivity index (χ2v) is 10.3. The quantitative estimate of drug-likeness (QED) is 0.194. The second kappa shape index (κ2) is 14.6. The molecule has 0 aliphatic heterocycles. The Morgan fingerprint density at radius 1 is 1.03 bits per heavy atom. The Labute approximate surface area is 206 Å². The Balaban J connectivity index is 2.40. The predicted molar refractivity (Wildman–Crippen MR) is 137 cm³/mol. The van der Waals surface area contributed by atoms with E-state index in [0.29, 0.717) is 23.4 Å². The van der Waals surface area contributed by atoms with Crippen LogP contribution in [0.4, 0.5) is 0 Å². The summed E-state index contributed by atoms with van der Waals surface area (Å²) < 4.78 is 25.5. The number of nitrogens with one attached hydrogen (secondary N) is 2. The summed E-state index contributed by atoms with van der Waals surface area (Å²) >= 11 is 1.19. The smallest absolute Gasteiger partial charge is 0.357 e. The van der Waals surface area contributed by atoms with Gasteiger partial charge >= 0.3 is 7.60 Å². The lowest BCUT2D eigenvalue weighted by atomic mass is 10.2. The topological polar surface area (TPSA) is 100 Å². The first-order valence-electron chi connectivity index (χ1n) is 11.2. The van der Waals surface area contributed by atoms with Gasteiger partial charge < -0.3 is 19.7 Å². The SMILES string of the molecule is CCCOP(=O)(OCCC)C(N/C(SC)=C(/C#N)C(=O)NCc1ccccc1)c1ccccc1. The fraction of sp³-hybridized carbons (Fsp3) is 0.360. The van der Waals surface area contributed by atoms with Crippen LogP contribution in [0.15, 0.2) is 71.3 Å². The van der Waals surface area contributed by atoms with E-state index in [0.717, 1.165) is 5.56 Å². The summed E-state index contributed by atoms with van der Waals surface area (Å²) in [7, 11) is -3.69. The molecule has 2 aromatic rings. The van der Waals surface area contributed by atoms with E-state index in [4.69, 9.17) is 9.05 Å². The monoisotopic (exact) mass is 501 g/mol.